The number of nitrogens with one attached hydrogen (secondary N) is 1. The Morgan fingerprint density at radius 2 is 1.92 bits per heavy atom. The fourth-order valence-corrected chi connectivity index (χ4v) is 2.80. The molecule has 128 valence electrons. The van der Waals surface area contributed by atoms with Crippen LogP contribution >= 0.6 is 11.6 Å². The predicted octanol–water partition coefficient (Wildman–Crippen LogP) is 3.75. The van der Waals surface area contributed by atoms with E-state index < -0.39 is 0 Å². The van der Waals surface area contributed by atoms with Crippen molar-refractivity contribution in [2.24, 2.45) is 0 Å². The molecular weight excluding hydrogens is 334 g/mol. The van der Waals surface area contributed by atoms with Crippen molar-refractivity contribution >= 4 is 28.3 Å². The number of halogens is 1. The lowest BCUT2D eigenvalue weighted by Crippen LogP contribution is -2.32. The summed E-state index contributed by atoms with van der Waals surface area (Å²) in [4.78, 5) is 18.6. The second-order valence-electron chi connectivity index (χ2n) is 6.06. The van der Waals surface area contributed by atoms with Gasteiger partial charge in [0.15, 0.2) is 0 Å². The third kappa shape index (κ3) is 4.78. The Labute approximate surface area is 152 Å². The summed E-state index contributed by atoms with van der Waals surface area (Å²) in [6, 6.07) is 15.4. The first kappa shape index (κ1) is 17.4. The monoisotopic (exact) mass is 353 g/mol. The van der Waals surface area contributed by atoms with Crippen LogP contribution in [0.3, 0.4) is 0 Å². The van der Waals surface area contributed by atoms with E-state index in [2.05, 4.69) is 15.2 Å². The fraction of sp³-hybridized carbons (Fsp3) is 0.200. The molecule has 25 heavy (non-hydrogen) atoms. The van der Waals surface area contributed by atoms with E-state index in [9.17, 15) is 4.79 Å². The highest BCUT2D eigenvalue weighted by Crippen LogP contribution is 2.14. The summed E-state index contributed by atoms with van der Waals surface area (Å²) in [5.41, 5.74) is 1.85. The van der Waals surface area contributed by atoms with Crippen molar-refractivity contribution in [2.75, 3.05) is 20.1 Å². The Kier molecular flexibility index (Phi) is 5.64. The topological polar surface area (TPSA) is 45.2 Å². The zero-order valence-corrected chi connectivity index (χ0v) is 14.8. The molecule has 3 rings (SSSR count). The summed E-state index contributed by atoms with van der Waals surface area (Å²) < 4.78 is 0. The highest BCUT2D eigenvalue weighted by Gasteiger charge is 2.07. The first-order chi connectivity index (χ1) is 12.1. The molecular formula is C20H20ClN3O. The molecule has 0 aliphatic heterocycles. The minimum atomic E-state index is -0.0642. The molecule has 0 saturated heterocycles. The molecule has 2 aromatic carbocycles. The molecule has 0 bridgehead atoms. The summed E-state index contributed by atoms with van der Waals surface area (Å²) in [5, 5.41) is 5.75. The number of carbonyl (C=O) groups is 1. The van der Waals surface area contributed by atoms with Crippen LogP contribution < -0.4 is 5.32 Å². The molecule has 0 spiro atoms. The van der Waals surface area contributed by atoms with Crippen LogP contribution in [0.1, 0.15) is 15.9 Å². The highest BCUT2D eigenvalue weighted by molar-refractivity contribution is 6.30. The van der Waals surface area contributed by atoms with E-state index in [-0.39, 0.29) is 5.91 Å². The van der Waals surface area contributed by atoms with Gasteiger partial charge < -0.3 is 10.2 Å². The van der Waals surface area contributed by atoms with Crippen molar-refractivity contribution in [2.45, 2.75) is 6.54 Å². The Hall–Kier alpha value is -2.43. The molecule has 0 fully saturated rings. The normalized spacial score (nSPS) is 11.0. The van der Waals surface area contributed by atoms with Crippen molar-refractivity contribution in [3.63, 3.8) is 0 Å². The van der Waals surface area contributed by atoms with E-state index in [1.54, 1.807) is 12.4 Å². The number of hydrogen-bond acceptors (Lipinski definition) is 3. The molecule has 1 amide bonds. The molecule has 1 heterocycles. The molecule has 0 saturated carbocycles. The number of amides is 1. The fourth-order valence-electron chi connectivity index (χ4n) is 2.67. The summed E-state index contributed by atoms with van der Waals surface area (Å²) in [7, 11) is 2.03. The molecule has 0 unspecified atom stereocenters. The minimum Gasteiger partial charge on any atom is -0.351 e. The SMILES string of the molecule is CN(CCNC(=O)c1ccc2ccncc2c1)Cc1ccc(Cl)cc1. The van der Waals surface area contributed by atoms with Crippen molar-refractivity contribution in [3.05, 3.63) is 77.1 Å². The van der Waals surface area contributed by atoms with Crippen molar-refractivity contribution < 1.29 is 4.79 Å². The predicted molar refractivity (Wildman–Crippen MR) is 102 cm³/mol. The van der Waals surface area contributed by atoms with Gasteiger partial charge >= 0.3 is 0 Å². The Balaban J connectivity index is 1.50. The zero-order valence-electron chi connectivity index (χ0n) is 14.1. The number of nitrogens with zero attached hydrogens (tertiary/aromatic N) is 2. The largest absolute Gasteiger partial charge is 0.351 e. The van der Waals surface area contributed by atoms with Crippen molar-refractivity contribution in [3.8, 4) is 0 Å². The van der Waals surface area contributed by atoms with Gasteiger partial charge in [0.05, 0.1) is 0 Å². The van der Waals surface area contributed by atoms with Crippen LogP contribution in [0.4, 0.5) is 0 Å². The van der Waals surface area contributed by atoms with Gasteiger partial charge in [-0.15, -0.1) is 0 Å². The van der Waals surface area contributed by atoms with Crippen LogP contribution in [-0.2, 0) is 6.54 Å². The van der Waals surface area contributed by atoms with Gasteiger partial charge in [-0.3, -0.25) is 9.78 Å². The van der Waals surface area contributed by atoms with E-state index in [4.69, 9.17) is 11.6 Å². The number of hydrogen-bond donors (Lipinski definition) is 1. The molecule has 1 aromatic heterocycles. The van der Waals surface area contributed by atoms with Gasteiger partial charge in [0.2, 0.25) is 0 Å². The second-order valence-corrected chi connectivity index (χ2v) is 6.49. The van der Waals surface area contributed by atoms with Gasteiger partial charge in [-0.2, -0.15) is 0 Å². The highest BCUT2D eigenvalue weighted by atomic mass is 35.5. The summed E-state index contributed by atoms with van der Waals surface area (Å²) in [6.45, 7) is 2.17. The number of fused-ring (bicyclic) bond motifs is 1. The summed E-state index contributed by atoms with van der Waals surface area (Å²) in [6.07, 6.45) is 3.52. The smallest absolute Gasteiger partial charge is 0.251 e. The van der Waals surface area contributed by atoms with E-state index in [1.807, 2.05) is 55.6 Å². The van der Waals surface area contributed by atoms with E-state index in [0.29, 0.717) is 12.1 Å². The second kappa shape index (κ2) is 8.10. The van der Waals surface area contributed by atoms with Crippen molar-refractivity contribution in [1.82, 2.24) is 15.2 Å². The Bertz CT molecular complexity index is 864. The third-order valence-electron chi connectivity index (χ3n) is 4.05. The molecule has 1 N–H and O–H groups in total. The van der Waals surface area contributed by atoms with Gasteiger partial charge in [-0.1, -0.05) is 29.8 Å². The number of carbonyl (C=O) groups excluding carboxylic acids is 1. The maximum absolute atomic E-state index is 12.3. The van der Waals surface area contributed by atoms with Crippen molar-refractivity contribution in [1.29, 1.82) is 0 Å². The lowest BCUT2D eigenvalue weighted by molar-refractivity contribution is 0.0950. The average Bonchev–Trinajstić information content (AvgIpc) is 2.63. The molecule has 0 aliphatic rings. The van der Waals surface area contributed by atoms with Gasteiger partial charge in [0, 0.05) is 48.0 Å². The minimum absolute atomic E-state index is 0.0642. The number of benzene rings is 2. The summed E-state index contributed by atoms with van der Waals surface area (Å²) >= 11 is 5.90. The van der Waals surface area contributed by atoms with Crippen LogP contribution in [0, 0.1) is 0 Å². The molecule has 0 radical (unpaired) electrons. The van der Waals surface area contributed by atoms with Crippen LogP contribution in [0.2, 0.25) is 5.02 Å². The van der Waals surface area contributed by atoms with Crippen LogP contribution in [0.15, 0.2) is 60.9 Å². The standard InChI is InChI=1S/C20H20ClN3O/c1-24(14-15-2-6-19(21)7-3-15)11-10-23-20(25)17-5-4-16-8-9-22-13-18(16)12-17/h2-9,12-13H,10-11,14H2,1H3,(H,23,25). The Morgan fingerprint density at radius 1 is 1.12 bits per heavy atom. The van der Waals surface area contributed by atoms with Gasteiger partial charge in [0.25, 0.3) is 5.91 Å². The molecule has 5 heteroatoms. The number of pyridine rings is 1. The lowest BCUT2D eigenvalue weighted by Gasteiger charge is -2.17. The first-order valence-corrected chi connectivity index (χ1v) is 8.54. The van der Waals surface area contributed by atoms with Gasteiger partial charge in [0.1, 0.15) is 0 Å². The van der Waals surface area contributed by atoms with Crippen LogP contribution in [0.25, 0.3) is 10.8 Å². The van der Waals surface area contributed by atoms with Gasteiger partial charge in [-0.25, -0.2) is 0 Å². The number of aromatic nitrogens is 1. The van der Waals surface area contributed by atoms with Gasteiger partial charge in [-0.05, 0) is 48.3 Å². The van der Waals surface area contributed by atoms with E-state index in [0.717, 1.165) is 28.9 Å². The van der Waals surface area contributed by atoms with E-state index in [1.165, 1.54) is 5.56 Å². The number of likely N-dealkylation sites (N-methyl/N-ethyl adjacent to an activating group) is 1. The maximum Gasteiger partial charge on any atom is 0.251 e. The van der Waals surface area contributed by atoms with Crippen LogP contribution in [0.5, 0.6) is 0 Å². The van der Waals surface area contributed by atoms with Crippen LogP contribution in [-0.4, -0.2) is 35.9 Å². The Morgan fingerprint density at radius 3 is 2.72 bits per heavy atom. The third-order valence-corrected chi connectivity index (χ3v) is 4.30. The molecule has 4 nitrogen and oxygen atoms in total. The molecule has 0 aliphatic carbocycles. The summed E-state index contributed by atoms with van der Waals surface area (Å²) in [5.74, 6) is -0.0642. The average molecular weight is 354 g/mol. The van der Waals surface area contributed by atoms with E-state index >= 15 is 0 Å². The quantitative estimate of drug-likeness (QED) is 0.734. The zero-order chi connectivity index (χ0) is 17.6. The molecule has 0 atom stereocenters. The first-order valence-electron chi connectivity index (χ1n) is 8.17. The maximum atomic E-state index is 12.3. The molecule has 3 aromatic rings. The lowest BCUT2D eigenvalue weighted by atomic mass is 10.1. The number of rotatable bonds is 6.